The molecule has 1 atom stereocenters. The van der Waals surface area contributed by atoms with Gasteiger partial charge in [0, 0.05) is 17.3 Å². The molecule has 2 heterocycles. The summed E-state index contributed by atoms with van der Waals surface area (Å²) >= 11 is 0. The van der Waals surface area contributed by atoms with Crippen molar-refractivity contribution in [3.63, 3.8) is 0 Å². The van der Waals surface area contributed by atoms with Gasteiger partial charge in [-0.25, -0.2) is 4.68 Å². The average molecular weight is 295 g/mol. The molecule has 0 aliphatic heterocycles. The summed E-state index contributed by atoms with van der Waals surface area (Å²) < 4.78 is 7.57. The lowest BCUT2D eigenvalue weighted by atomic mass is 10.1. The molecular formula is C18H21N3O. The third-order valence-electron chi connectivity index (χ3n) is 3.89. The highest BCUT2D eigenvalue weighted by Gasteiger charge is 2.14. The largest absolute Gasteiger partial charge is 0.465 e. The fourth-order valence-electron chi connectivity index (χ4n) is 2.62. The van der Waals surface area contributed by atoms with E-state index in [2.05, 4.69) is 36.4 Å². The molecule has 2 aromatic heterocycles. The Morgan fingerprint density at radius 1 is 1.14 bits per heavy atom. The Labute approximate surface area is 130 Å². The molecule has 0 aliphatic carbocycles. The highest BCUT2D eigenvalue weighted by molar-refractivity contribution is 5.35. The normalized spacial score (nSPS) is 12.5. The molecule has 0 aliphatic rings. The summed E-state index contributed by atoms with van der Waals surface area (Å²) in [4.78, 5) is 0. The Bertz CT molecular complexity index is 743. The number of nitrogens with zero attached hydrogens (tertiary/aromatic N) is 2. The van der Waals surface area contributed by atoms with E-state index in [0.717, 1.165) is 22.9 Å². The molecule has 0 fully saturated rings. The molecule has 4 heteroatoms. The van der Waals surface area contributed by atoms with Crippen LogP contribution in [-0.2, 0) is 6.54 Å². The molecule has 0 saturated heterocycles. The molecule has 3 rings (SSSR count). The van der Waals surface area contributed by atoms with Gasteiger partial charge in [-0.15, -0.1) is 0 Å². The number of hydrogen-bond donors (Lipinski definition) is 1. The van der Waals surface area contributed by atoms with Crippen molar-refractivity contribution in [2.24, 2.45) is 0 Å². The second kappa shape index (κ2) is 6.20. The fourth-order valence-corrected chi connectivity index (χ4v) is 2.62. The molecule has 0 amide bonds. The van der Waals surface area contributed by atoms with Crippen molar-refractivity contribution in [3.05, 3.63) is 71.4 Å². The number of aryl methyl sites for hydroxylation is 1. The van der Waals surface area contributed by atoms with Gasteiger partial charge in [-0.1, -0.05) is 18.2 Å². The van der Waals surface area contributed by atoms with Crippen LogP contribution < -0.4 is 5.32 Å². The van der Waals surface area contributed by atoms with E-state index in [1.807, 2.05) is 48.1 Å². The van der Waals surface area contributed by atoms with Gasteiger partial charge in [-0.2, -0.15) is 5.10 Å². The van der Waals surface area contributed by atoms with Crippen LogP contribution in [0.25, 0.3) is 5.69 Å². The first-order valence-electron chi connectivity index (χ1n) is 7.54. The van der Waals surface area contributed by atoms with Crippen LogP contribution in [0.4, 0.5) is 0 Å². The van der Waals surface area contributed by atoms with Gasteiger partial charge in [0.15, 0.2) is 0 Å². The predicted octanol–water partition coefficient (Wildman–Crippen LogP) is 3.93. The Morgan fingerprint density at radius 2 is 1.91 bits per heavy atom. The van der Waals surface area contributed by atoms with E-state index in [0.29, 0.717) is 6.54 Å². The summed E-state index contributed by atoms with van der Waals surface area (Å²) in [5, 5.41) is 8.01. The monoisotopic (exact) mass is 295 g/mol. The van der Waals surface area contributed by atoms with Crippen LogP contribution in [0, 0.1) is 13.8 Å². The number of rotatable bonds is 5. The molecule has 0 bridgehead atoms. The predicted molar refractivity (Wildman–Crippen MR) is 87.0 cm³/mol. The minimum absolute atomic E-state index is 0.211. The Hall–Kier alpha value is -2.33. The van der Waals surface area contributed by atoms with Gasteiger partial charge < -0.3 is 9.73 Å². The standard InChI is InChI=1S/C18H21N3O/c1-13-9-10-17(22-13)11-19-14(2)18-12-20-21(15(18)3)16-7-5-4-6-8-16/h4-10,12,14,19H,11H2,1-3H3/t14-/m1/s1. The van der Waals surface area contributed by atoms with E-state index in [1.165, 1.54) is 5.56 Å². The lowest BCUT2D eigenvalue weighted by molar-refractivity contribution is 0.443. The first-order chi connectivity index (χ1) is 10.6. The van der Waals surface area contributed by atoms with Crippen LogP contribution in [-0.4, -0.2) is 9.78 Å². The number of hydrogen-bond acceptors (Lipinski definition) is 3. The Morgan fingerprint density at radius 3 is 2.59 bits per heavy atom. The molecule has 4 nitrogen and oxygen atoms in total. The minimum atomic E-state index is 0.211. The van der Waals surface area contributed by atoms with Crippen molar-refractivity contribution >= 4 is 0 Å². The molecule has 114 valence electrons. The van der Waals surface area contributed by atoms with E-state index < -0.39 is 0 Å². The number of aromatic nitrogens is 2. The van der Waals surface area contributed by atoms with E-state index in [1.54, 1.807) is 0 Å². The van der Waals surface area contributed by atoms with Crippen molar-refractivity contribution in [2.45, 2.75) is 33.4 Å². The highest BCUT2D eigenvalue weighted by atomic mass is 16.3. The maximum Gasteiger partial charge on any atom is 0.117 e. The van der Waals surface area contributed by atoms with Crippen molar-refractivity contribution in [1.29, 1.82) is 0 Å². The van der Waals surface area contributed by atoms with Gasteiger partial charge in [0.25, 0.3) is 0 Å². The zero-order chi connectivity index (χ0) is 15.5. The Kier molecular flexibility index (Phi) is 4.11. The first-order valence-corrected chi connectivity index (χ1v) is 7.54. The van der Waals surface area contributed by atoms with Gasteiger partial charge in [0.2, 0.25) is 0 Å². The van der Waals surface area contributed by atoms with Gasteiger partial charge in [0.05, 0.1) is 18.4 Å². The van der Waals surface area contributed by atoms with Gasteiger partial charge in [-0.05, 0) is 45.0 Å². The maximum atomic E-state index is 5.59. The minimum Gasteiger partial charge on any atom is -0.465 e. The number of para-hydroxylation sites is 1. The third kappa shape index (κ3) is 2.97. The summed E-state index contributed by atoms with van der Waals surface area (Å²) in [5.41, 5.74) is 3.44. The molecule has 0 radical (unpaired) electrons. The van der Waals surface area contributed by atoms with Crippen molar-refractivity contribution < 1.29 is 4.42 Å². The van der Waals surface area contributed by atoms with Gasteiger partial charge in [-0.3, -0.25) is 0 Å². The van der Waals surface area contributed by atoms with E-state index >= 15 is 0 Å². The molecule has 22 heavy (non-hydrogen) atoms. The first kappa shape index (κ1) is 14.6. The quantitative estimate of drug-likeness (QED) is 0.775. The van der Waals surface area contributed by atoms with Crippen LogP contribution in [0.5, 0.6) is 0 Å². The zero-order valence-corrected chi connectivity index (χ0v) is 13.2. The summed E-state index contributed by atoms with van der Waals surface area (Å²) in [5.74, 6) is 1.90. The molecular weight excluding hydrogens is 274 g/mol. The second-order valence-electron chi connectivity index (χ2n) is 5.55. The third-order valence-corrected chi connectivity index (χ3v) is 3.89. The molecule has 0 saturated carbocycles. The topological polar surface area (TPSA) is 43.0 Å². The molecule has 1 aromatic carbocycles. The molecule has 0 unspecified atom stereocenters. The number of nitrogens with one attached hydrogen (secondary N) is 1. The van der Waals surface area contributed by atoms with Gasteiger partial charge in [0.1, 0.15) is 11.5 Å². The SMILES string of the molecule is Cc1ccc(CN[C@H](C)c2cnn(-c3ccccc3)c2C)o1. The smallest absolute Gasteiger partial charge is 0.117 e. The maximum absolute atomic E-state index is 5.59. The molecule has 0 spiro atoms. The zero-order valence-electron chi connectivity index (χ0n) is 13.2. The van der Waals surface area contributed by atoms with Crippen molar-refractivity contribution in [1.82, 2.24) is 15.1 Å². The van der Waals surface area contributed by atoms with Crippen molar-refractivity contribution in [2.75, 3.05) is 0 Å². The summed E-state index contributed by atoms with van der Waals surface area (Å²) in [6, 6.07) is 14.4. The summed E-state index contributed by atoms with van der Waals surface area (Å²) in [6.07, 6.45) is 1.94. The van der Waals surface area contributed by atoms with Crippen LogP contribution in [0.15, 0.2) is 53.1 Å². The number of furan rings is 1. The fraction of sp³-hybridized carbons (Fsp3) is 0.278. The van der Waals surface area contributed by atoms with Crippen LogP contribution in [0.1, 0.15) is 35.7 Å². The summed E-state index contributed by atoms with van der Waals surface area (Å²) in [7, 11) is 0. The molecule has 3 aromatic rings. The lowest BCUT2D eigenvalue weighted by Gasteiger charge is -2.13. The van der Waals surface area contributed by atoms with Crippen LogP contribution >= 0.6 is 0 Å². The second-order valence-corrected chi connectivity index (χ2v) is 5.55. The van der Waals surface area contributed by atoms with Crippen LogP contribution in [0.2, 0.25) is 0 Å². The van der Waals surface area contributed by atoms with E-state index in [9.17, 15) is 0 Å². The highest BCUT2D eigenvalue weighted by Crippen LogP contribution is 2.20. The average Bonchev–Trinajstić information content (AvgIpc) is 3.12. The number of benzene rings is 1. The van der Waals surface area contributed by atoms with E-state index in [4.69, 9.17) is 4.42 Å². The Balaban J connectivity index is 1.73. The van der Waals surface area contributed by atoms with Gasteiger partial charge >= 0.3 is 0 Å². The summed E-state index contributed by atoms with van der Waals surface area (Å²) in [6.45, 7) is 6.92. The van der Waals surface area contributed by atoms with Crippen molar-refractivity contribution in [3.8, 4) is 5.69 Å². The van der Waals surface area contributed by atoms with E-state index in [-0.39, 0.29) is 6.04 Å². The molecule has 1 N–H and O–H groups in total. The van der Waals surface area contributed by atoms with Crippen LogP contribution in [0.3, 0.4) is 0 Å². The lowest BCUT2D eigenvalue weighted by Crippen LogP contribution is -2.18.